The van der Waals surface area contributed by atoms with E-state index in [0.29, 0.717) is 16.1 Å². The van der Waals surface area contributed by atoms with Crippen molar-refractivity contribution in [3.63, 3.8) is 0 Å². The third kappa shape index (κ3) is 5.62. The van der Waals surface area contributed by atoms with Gasteiger partial charge in [-0.25, -0.2) is 13.6 Å². The van der Waals surface area contributed by atoms with Crippen molar-refractivity contribution in [2.24, 2.45) is 0 Å². The normalized spacial score (nSPS) is 11.5. The van der Waals surface area contributed by atoms with Gasteiger partial charge in [0.15, 0.2) is 11.6 Å². The number of hydrogen-bond acceptors (Lipinski definition) is 4. The van der Waals surface area contributed by atoms with Crippen molar-refractivity contribution in [3.05, 3.63) is 99.6 Å². The van der Waals surface area contributed by atoms with E-state index in [4.69, 9.17) is 16.3 Å². The molecular formula is C24H20ClF2NO4. The Bertz CT molecular complexity index is 1140. The third-order valence-corrected chi connectivity index (χ3v) is 5.01. The van der Waals surface area contributed by atoms with Crippen LogP contribution in [0, 0.1) is 11.6 Å². The SMILES string of the molecule is COC(=O)c1ccc([C@H](C)NC(=O)c2cc(Cl)ccc2COc2ccc(F)cc2F)cc1. The van der Waals surface area contributed by atoms with Crippen molar-refractivity contribution >= 4 is 23.5 Å². The summed E-state index contributed by atoms with van der Waals surface area (Å²) in [5.41, 5.74) is 1.92. The number of nitrogens with one attached hydrogen (secondary N) is 1. The van der Waals surface area contributed by atoms with Gasteiger partial charge in [-0.3, -0.25) is 4.79 Å². The first-order valence-corrected chi connectivity index (χ1v) is 10.0. The van der Waals surface area contributed by atoms with E-state index in [0.717, 1.165) is 17.7 Å². The summed E-state index contributed by atoms with van der Waals surface area (Å²) >= 11 is 6.07. The Balaban J connectivity index is 1.74. The first kappa shape index (κ1) is 23.2. The molecule has 3 aromatic carbocycles. The second-order valence-electron chi connectivity index (χ2n) is 6.97. The molecule has 1 atom stereocenters. The highest BCUT2D eigenvalue weighted by Gasteiger charge is 2.17. The number of hydrogen-bond donors (Lipinski definition) is 1. The third-order valence-electron chi connectivity index (χ3n) is 4.77. The molecule has 0 heterocycles. The number of amides is 1. The van der Waals surface area contributed by atoms with Crippen LogP contribution in [0.4, 0.5) is 8.78 Å². The van der Waals surface area contributed by atoms with Crippen LogP contribution in [0.2, 0.25) is 5.02 Å². The first-order valence-electron chi connectivity index (χ1n) is 9.64. The maximum absolute atomic E-state index is 13.8. The van der Waals surface area contributed by atoms with Crippen LogP contribution in [0.15, 0.2) is 60.7 Å². The molecule has 0 spiro atoms. The molecule has 3 aromatic rings. The smallest absolute Gasteiger partial charge is 0.337 e. The van der Waals surface area contributed by atoms with E-state index < -0.39 is 23.5 Å². The maximum Gasteiger partial charge on any atom is 0.337 e. The van der Waals surface area contributed by atoms with Crippen LogP contribution in [0.1, 0.15) is 44.8 Å². The van der Waals surface area contributed by atoms with E-state index in [1.54, 1.807) is 43.3 Å². The largest absolute Gasteiger partial charge is 0.486 e. The summed E-state index contributed by atoms with van der Waals surface area (Å²) in [6.07, 6.45) is 0. The van der Waals surface area contributed by atoms with E-state index >= 15 is 0 Å². The van der Waals surface area contributed by atoms with Gasteiger partial charge in [0.25, 0.3) is 5.91 Å². The summed E-state index contributed by atoms with van der Waals surface area (Å²) in [5.74, 6) is -2.54. The van der Waals surface area contributed by atoms with Crippen LogP contribution in [0.25, 0.3) is 0 Å². The van der Waals surface area contributed by atoms with E-state index in [2.05, 4.69) is 10.1 Å². The lowest BCUT2D eigenvalue weighted by atomic mass is 10.0. The average Bonchev–Trinajstić information content (AvgIpc) is 2.78. The Morgan fingerprint density at radius 1 is 1.03 bits per heavy atom. The molecule has 0 unspecified atom stereocenters. The highest BCUT2D eigenvalue weighted by molar-refractivity contribution is 6.31. The monoisotopic (exact) mass is 459 g/mol. The minimum atomic E-state index is -0.839. The molecule has 0 aliphatic heterocycles. The molecule has 0 fully saturated rings. The molecule has 3 rings (SSSR count). The number of carbonyl (C=O) groups excluding carboxylic acids is 2. The molecule has 166 valence electrons. The quantitative estimate of drug-likeness (QED) is 0.475. The van der Waals surface area contributed by atoms with Gasteiger partial charge in [0, 0.05) is 22.2 Å². The van der Waals surface area contributed by atoms with Crippen LogP contribution >= 0.6 is 11.6 Å². The number of esters is 1. The molecule has 8 heteroatoms. The number of rotatable bonds is 7. The summed E-state index contributed by atoms with van der Waals surface area (Å²) in [7, 11) is 1.30. The second-order valence-corrected chi connectivity index (χ2v) is 7.41. The van der Waals surface area contributed by atoms with Crippen molar-refractivity contribution < 1.29 is 27.8 Å². The van der Waals surface area contributed by atoms with Crippen LogP contribution in [-0.2, 0) is 11.3 Å². The minimum Gasteiger partial charge on any atom is -0.486 e. The van der Waals surface area contributed by atoms with Gasteiger partial charge in [-0.1, -0.05) is 29.8 Å². The number of halogens is 3. The summed E-state index contributed by atoms with van der Waals surface area (Å²) in [4.78, 5) is 24.5. The van der Waals surface area contributed by atoms with Gasteiger partial charge in [0.05, 0.1) is 18.7 Å². The summed E-state index contributed by atoms with van der Waals surface area (Å²) in [5, 5.41) is 3.22. The molecule has 0 saturated heterocycles. The lowest BCUT2D eigenvalue weighted by molar-refractivity contribution is 0.0600. The van der Waals surface area contributed by atoms with Crippen LogP contribution in [0.5, 0.6) is 5.75 Å². The average molecular weight is 460 g/mol. The van der Waals surface area contributed by atoms with Crippen LogP contribution in [-0.4, -0.2) is 19.0 Å². The van der Waals surface area contributed by atoms with Crippen LogP contribution in [0.3, 0.4) is 0 Å². The highest BCUT2D eigenvalue weighted by atomic mass is 35.5. The Morgan fingerprint density at radius 2 is 1.75 bits per heavy atom. The van der Waals surface area contributed by atoms with Crippen molar-refractivity contribution in [1.29, 1.82) is 0 Å². The lowest BCUT2D eigenvalue weighted by Gasteiger charge is -2.17. The minimum absolute atomic E-state index is 0.120. The van der Waals surface area contributed by atoms with Gasteiger partial charge in [0.2, 0.25) is 0 Å². The van der Waals surface area contributed by atoms with Gasteiger partial charge in [0.1, 0.15) is 12.4 Å². The van der Waals surface area contributed by atoms with Gasteiger partial charge in [-0.05, 0) is 48.9 Å². The van der Waals surface area contributed by atoms with E-state index in [1.807, 2.05) is 0 Å². The molecule has 1 N–H and O–H groups in total. The van der Waals surface area contributed by atoms with Gasteiger partial charge >= 0.3 is 5.97 Å². The van der Waals surface area contributed by atoms with Gasteiger partial charge in [-0.2, -0.15) is 0 Å². The number of benzene rings is 3. The van der Waals surface area contributed by atoms with Crippen molar-refractivity contribution in [2.45, 2.75) is 19.6 Å². The first-order chi connectivity index (χ1) is 15.3. The molecule has 1 amide bonds. The number of carbonyl (C=O) groups is 2. The molecule has 0 saturated carbocycles. The fourth-order valence-electron chi connectivity index (χ4n) is 3.02. The lowest BCUT2D eigenvalue weighted by Crippen LogP contribution is -2.28. The predicted octanol–water partition coefficient (Wildman–Crippen LogP) is 5.47. The van der Waals surface area contributed by atoms with Gasteiger partial charge < -0.3 is 14.8 Å². The van der Waals surface area contributed by atoms with Gasteiger partial charge in [-0.15, -0.1) is 0 Å². The zero-order chi connectivity index (χ0) is 23.3. The highest BCUT2D eigenvalue weighted by Crippen LogP contribution is 2.23. The molecule has 0 bridgehead atoms. The Kier molecular flexibility index (Phi) is 7.43. The predicted molar refractivity (Wildman–Crippen MR) is 116 cm³/mol. The van der Waals surface area contributed by atoms with Crippen molar-refractivity contribution in [3.8, 4) is 5.75 Å². The zero-order valence-corrected chi connectivity index (χ0v) is 18.1. The molecule has 0 radical (unpaired) electrons. The zero-order valence-electron chi connectivity index (χ0n) is 17.3. The maximum atomic E-state index is 13.8. The van der Waals surface area contributed by atoms with Crippen molar-refractivity contribution in [2.75, 3.05) is 7.11 Å². The Hall–Kier alpha value is -3.45. The van der Waals surface area contributed by atoms with Crippen LogP contribution < -0.4 is 10.1 Å². The van der Waals surface area contributed by atoms with E-state index in [-0.39, 0.29) is 24.0 Å². The number of methoxy groups -OCH3 is 1. The molecule has 0 aromatic heterocycles. The summed E-state index contributed by atoms with van der Waals surface area (Å²) < 4.78 is 37.0. The summed E-state index contributed by atoms with van der Waals surface area (Å²) in [6, 6.07) is 14.0. The van der Waals surface area contributed by atoms with E-state index in [1.165, 1.54) is 19.2 Å². The molecular weight excluding hydrogens is 440 g/mol. The Labute approximate surface area is 188 Å². The topological polar surface area (TPSA) is 64.6 Å². The molecule has 0 aliphatic carbocycles. The standard InChI is InChI=1S/C24H20ClF2NO4/c1-14(15-3-5-16(6-4-15)24(30)31-2)28-23(29)20-11-18(25)8-7-17(20)13-32-22-10-9-19(26)12-21(22)27/h3-12,14H,13H2,1-2H3,(H,28,29)/t14-/m0/s1. The fourth-order valence-corrected chi connectivity index (χ4v) is 3.19. The molecule has 32 heavy (non-hydrogen) atoms. The Morgan fingerprint density at radius 3 is 2.41 bits per heavy atom. The van der Waals surface area contributed by atoms with Crippen molar-refractivity contribution in [1.82, 2.24) is 5.32 Å². The number of ether oxygens (including phenoxy) is 2. The fraction of sp³-hybridized carbons (Fsp3) is 0.167. The van der Waals surface area contributed by atoms with E-state index in [9.17, 15) is 18.4 Å². The molecule has 5 nitrogen and oxygen atoms in total. The molecule has 0 aliphatic rings. The second kappa shape index (κ2) is 10.2. The summed E-state index contributed by atoms with van der Waals surface area (Å²) in [6.45, 7) is 1.67.